The highest BCUT2D eigenvalue weighted by atomic mass is 16.5. The molecule has 0 bridgehead atoms. The summed E-state index contributed by atoms with van der Waals surface area (Å²) in [5.74, 6) is 0.943. The fraction of sp³-hybridized carbons (Fsp3) is 0.476. The van der Waals surface area contributed by atoms with Crippen LogP contribution in [0.3, 0.4) is 0 Å². The van der Waals surface area contributed by atoms with Gasteiger partial charge in [-0.1, -0.05) is 17.3 Å². The van der Waals surface area contributed by atoms with Crippen LogP contribution in [-0.2, 0) is 9.53 Å². The van der Waals surface area contributed by atoms with E-state index in [-0.39, 0.29) is 23.4 Å². The average Bonchev–Trinajstić information content (AvgIpc) is 3.29. The molecule has 0 spiro atoms. The lowest BCUT2D eigenvalue weighted by molar-refractivity contribution is -0.141. The molecule has 2 aliphatic rings. The number of amides is 2. The van der Waals surface area contributed by atoms with Crippen molar-refractivity contribution in [2.75, 3.05) is 46.5 Å². The van der Waals surface area contributed by atoms with Crippen molar-refractivity contribution in [3.05, 3.63) is 36.0 Å². The summed E-state index contributed by atoms with van der Waals surface area (Å²) >= 11 is 0. The molecule has 3 heterocycles. The molecule has 2 aliphatic heterocycles. The van der Waals surface area contributed by atoms with Crippen LogP contribution in [0.15, 0.2) is 34.9 Å². The Morgan fingerprint density at radius 2 is 1.97 bits per heavy atom. The van der Waals surface area contributed by atoms with E-state index in [1.165, 1.54) is 0 Å². The van der Waals surface area contributed by atoms with E-state index in [9.17, 15) is 9.59 Å². The molecule has 2 fully saturated rings. The first kappa shape index (κ1) is 19.4. The topological polar surface area (TPSA) is 85.1 Å². The van der Waals surface area contributed by atoms with Crippen LogP contribution < -0.4 is 4.74 Å². The van der Waals surface area contributed by atoms with Gasteiger partial charge in [0.1, 0.15) is 5.75 Å². The molecule has 1 aromatic carbocycles. The number of morpholine rings is 1. The maximum absolute atomic E-state index is 12.9. The Bertz CT molecular complexity index is 875. The lowest BCUT2D eigenvalue weighted by Crippen LogP contribution is -2.49. The van der Waals surface area contributed by atoms with Gasteiger partial charge >= 0.3 is 0 Å². The normalized spacial score (nSPS) is 19.8. The zero-order valence-corrected chi connectivity index (χ0v) is 16.5. The van der Waals surface area contributed by atoms with Crippen molar-refractivity contribution in [1.29, 1.82) is 0 Å². The van der Waals surface area contributed by atoms with E-state index in [0.29, 0.717) is 50.9 Å². The molecular formula is C21H25N3O5. The third-order valence-electron chi connectivity index (χ3n) is 5.46. The molecule has 29 heavy (non-hydrogen) atoms. The number of aromatic nitrogens is 1. The third kappa shape index (κ3) is 4.27. The highest BCUT2D eigenvalue weighted by molar-refractivity contribution is 5.93. The number of piperidine rings is 1. The zero-order valence-electron chi connectivity index (χ0n) is 16.5. The van der Waals surface area contributed by atoms with Crippen molar-refractivity contribution in [2.45, 2.75) is 12.8 Å². The van der Waals surface area contributed by atoms with Gasteiger partial charge in [0.25, 0.3) is 5.91 Å². The highest BCUT2D eigenvalue weighted by Crippen LogP contribution is 2.26. The largest absolute Gasteiger partial charge is 0.497 e. The van der Waals surface area contributed by atoms with Crippen LogP contribution >= 0.6 is 0 Å². The Morgan fingerprint density at radius 3 is 2.76 bits per heavy atom. The van der Waals surface area contributed by atoms with E-state index >= 15 is 0 Å². The molecule has 8 heteroatoms. The third-order valence-corrected chi connectivity index (χ3v) is 5.46. The smallest absolute Gasteiger partial charge is 0.276 e. The summed E-state index contributed by atoms with van der Waals surface area (Å²) in [6.45, 7) is 3.43. The van der Waals surface area contributed by atoms with Gasteiger partial charge in [-0.25, -0.2) is 0 Å². The van der Waals surface area contributed by atoms with Crippen molar-refractivity contribution < 1.29 is 23.6 Å². The number of rotatable bonds is 4. The maximum atomic E-state index is 12.9. The van der Waals surface area contributed by atoms with Gasteiger partial charge in [-0.2, -0.15) is 0 Å². The van der Waals surface area contributed by atoms with Crippen molar-refractivity contribution >= 4 is 11.8 Å². The first-order valence-corrected chi connectivity index (χ1v) is 9.92. The Morgan fingerprint density at radius 1 is 1.14 bits per heavy atom. The standard InChI is InChI=1S/C21H25N3O5/c1-27-17-6-2-4-15(12-17)19-13-18(22-29-19)21(26)24-7-3-5-16(14-24)20(25)23-8-10-28-11-9-23/h2,4,6,12-13,16H,3,5,7-11,14H2,1H3. The minimum absolute atomic E-state index is 0.114. The molecule has 1 aromatic heterocycles. The second-order valence-corrected chi connectivity index (χ2v) is 7.34. The van der Waals surface area contributed by atoms with Gasteiger partial charge in [-0.3, -0.25) is 9.59 Å². The van der Waals surface area contributed by atoms with Crippen LogP contribution in [0.5, 0.6) is 5.75 Å². The fourth-order valence-corrected chi connectivity index (χ4v) is 3.86. The van der Waals surface area contributed by atoms with E-state index in [1.807, 2.05) is 29.2 Å². The van der Waals surface area contributed by atoms with Crippen LogP contribution in [0, 0.1) is 5.92 Å². The van der Waals surface area contributed by atoms with Crippen molar-refractivity contribution in [2.24, 2.45) is 5.92 Å². The fourth-order valence-electron chi connectivity index (χ4n) is 3.86. The van der Waals surface area contributed by atoms with Gasteiger partial charge in [-0.15, -0.1) is 0 Å². The van der Waals surface area contributed by atoms with Crippen LogP contribution in [0.25, 0.3) is 11.3 Å². The van der Waals surface area contributed by atoms with Crippen LogP contribution in [0.4, 0.5) is 0 Å². The number of benzene rings is 1. The number of methoxy groups -OCH3 is 1. The number of ether oxygens (including phenoxy) is 2. The van der Waals surface area contributed by atoms with Gasteiger partial charge in [0.2, 0.25) is 5.91 Å². The minimum Gasteiger partial charge on any atom is -0.497 e. The number of likely N-dealkylation sites (tertiary alicyclic amines) is 1. The SMILES string of the molecule is COc1cccc(-c2cc(C(=O)N3CCCC(C(=O)N4CCOCC4)C3)no2)c1. The van der Waals surface area contributed by atoms with Crippen LogP contribution in [0.2, 0.25) is 0 Å². The predicted octanol–water partition coefficient (Wildman–Crippen LogP) is 2.06. The van der Waals surface area contributed by atoms with E-state index in [1.54, 1.807) is 18.1 Å². The molecule has 2 saturated heterocycles. The number of hydrogen-bond donors (Lipinski definition) is 0. The molecule has 154 valence electrons. The van der Waals surface area contributed by atoms with Crippen LogP contribution in [-0.4, -0.2) is 73.3 Å². The molecule has 0 N–H and O–H groups in total. The Labute approximate surface area is 169 Å². The maximum Gasteiger partial charge on any atom is 0.276 e. The van der Waals surface area contributed by atoms with Crippen molar-refractivity contribution in [3.63, 3.8) is 0 Å². The lowest BCUT2D eigenvalue weighted by Gasteiger charge is -2.35. The summed E-state index contributed by atoms with van der Waals surface area (Å²) in [7, 11) is 1.60. The summed E-state index contributed by atoms with van der Waals surface area (Å²) < 4.78 is 15.9. The Balaban J connectivity index is 1.44. The molecule has 1 atom stereocenters. The summed E-state index contributed by atoms with van der Waals surface area (Å²) in [4.78, 5) is 29.3. The van der Waals surface area contributed by atoms with Crippen molar-refractivity contribution in [1.82, 2.24) is 15.0 Å². The van der Waals surface area contributed by atoms with Gasteiger partial charge in [0.15, 0.2) is 11.5 Å². The monoisotopic (exact) mass is 399 g/mol. The summed E-state index contributed by atoms with van der Waals surface area (Å²) in [6.07, 6.45) is 1.60. The van der Waals surface area contributed by atoms with E-state index in [4.69, 9.17) is 14.0 Å². The number of hydrogen-bond acceptors (Lipinski definition) is 6. The lowest BCUT2D eigenvalue weighted by atomic mass is 9.96. The molecule has 2 amide bonds. The zero-order chi connectivity index (χ0) is 20.2. The van der Waals surface area contributed by atoms with Crippen LogP contribution in [0.1, 0.15) is 23.3 Å². The molecule has 0 radical (unpaired) electrons. The number of carbonyl (C=O) groups excluding carboxylic acids is 2. The summed E-state index contributed by atoms with van der Waals surface area (Å²) in [6, 6.07) is 9.03. The molecule has 2 aromatic rings. The number of carbonyl (C=O) groups is 2. The Hall–Kier alpha value is -2.87. The molecule has 0 aliphatic carbocycles. The van der Waals surface area contributed by atoms with E-state index < -0.39 is 0 Å². The van der Waals surface area contributed by atoms with Crippen molar-refractivity contribution in [3.8, 4) is 17.1 Å². The van der Waals surface area contributed by atoms with Gasteiger partial charge < -0.3 is 23.8 Å². The van der Waals surface area contributed by atoms with E-state index in [0.717, 1.165) is 18.4 Å². The highest BCUT2D eigenvalue weighted by Gasteiger charge is 2.33. The van der Waals surface area contributed by atoms with Gasteiger partial charge in [0, 0.05) is 37.8 Å². The molecule has 0 saturated carbocycles. The van der Waals surface area contributed by atoms with E-state index in [2.05, 4.69) is 5.16 Å². The second-order valence-electron chi connectivity index (χ2n) is 7.34. The summed E-state index contributed by atoms with van der Waals surface area (Å²) in [5.41, 5.74) is 1.04. The Kier molecular flexibility index (Phi) is 5.80. The second kappa shape index (κ2) is 8.65. The molecule has 4 rings (SSSR count). The quantitative estimate of drug-likeness (QED) is 0.782. The number of nitrogens with zero attached hydrogens (tertiary/aromatic N) is 3. The summed E-state index contributed by atoms with van der Waals surface area (Å²) in [5, 5.41) is 3.96. The molecule has 8 nitrogen and oxygen atoms in total. The molecule has 1 unspecified atom stereocenters. The first-order valence-electron chi connectivity index (χ1n) is 9.92. The molecular weight excluding hydrogens is 374 g/mol. The predicted molar refractivity (Wildman–Crippen MR) is 105 cm³/mol. The van der Waals surface area contributed by atoms with Gasteiger partial charge in [-0.05, 0) is 25.0 Å². The van der Waals surface area contributed by atoms with Gasteiger partial charge in [0.05, 0.1) is 26.2 Å². The minimum atomic E-state index is -0.206. The average molecular weight is 399 g/mol. The first-order chi connectivity index (χ1) is 14.2.